The first-order valence-electron chi connectivity index (χ1n) is 8.05. The third-order valence-corrected chi connectivity index (χ3v) is 5.66. The first-order valence-corrected chi connectivity index (χ1v) is 8.05. The standard InChI is InChI=1S/C16H26N4/c1-16(2,3)15-6-10(18-19-15)9-20-13-4-5-14(20)12-8-17-7-11(12)13/h6,11-14,17H,4-5,7-9H2,1-3H3,(H,18,19). The van der Waals surface area contributed by atoms with Crippen LogP contribution in [0.15, 0.2) is 6.07 Å². The SMILES string of the molecule is CC(C)(C)c1cc(CN2C3CCC2C2CNCC23)[nH]n1. The first-order chi connectivity index (χ1) is 9.54. The molecule has 3 aliphatic rings. The van der Waals surface area contributed by atoms with Crippen molar-refractivity contribution < 1.29 is 0 Å². The Kier molecular flexibility index (Phi) is 2.77. The number of hydrogen-bond acceptors (Lipinski definition) is 3. The molecule has 2 N–H and O–H groups in total. The minimum absolute atomic E-state index is 0.138. The molecule has 20 heavy (non-hydrogen) atoms. The average Bonchev–Trinajstić information content (AvgIpc) is 3.09. The average molecular weight is 274 g/mol. The van der Waals surface area contributed by atoms with Crippen molar-refractivity contribution in [2.24, 2.45) is 11.8 Å². The van der Waals surface area contributed by atoms with Gasteiger partial charge >= 0.3 is 0 Å². The van der Waals surface area contributed by atoms with Crippen LogP contribution in [0.1, 0.15) is 45.0 Å². The predicted octanol–water partition coefficient (Wildman–Crippen LogP) is 1.89. The Labute approximate surface area is 121 Å². The highest BCUT2D eigenvalue weighted by Gasteiger charge is 2.54. The van der Waals surface area contributed by atoms with Crippen molar-refractivity contribution in [3.63, 3.8) is 0 Å². The molecule has 1 aromatic rings. The van der Waals surface area contributed by atoms with Crippen molar-refractivity contribution in [2.75, 3.05) is 13.1 Å². The zero-order chi connectivity index (χ0) is 13.9. The van der Waals surface area contributed by atoms with Gasteiger partial charge in [0, 0.05) is 29.7 Å². The van der Waals surface area contributed by atoms with E-state index in [1.807, 2.05) is 0 Å². The van der Waals surface area contributed by atoms with Crippen molar-refractivity contribution in [3.8, 4) is 0 Å². The lowest BCUT2D eigenvalue weighted by atomic mass is 9.82. The Hall–Kier alpha value is -0.870. The van der Waals surface area contributed by atoms with Crippen LogP contribution < -0.4 is 5.32 Å². The van der Waals surface area contributed by atoms with Gasteiger partial charge in [-0.05, 0) is 43.8 Å². The molecule has 4 unspecified atom stereocenters. The third kappa shape index (κ3) is 1.85. The van der Waals surface area contributed by atoms with Gasteiger partial charge in [-0.3, -0.25) is 10.00 Å². The van der Waals surface area contributed by atoms with E-state index in [1.165, 1.54) is 37.3 Å². The van der Waals surface area contributed by atoms with E-state index in [-0.39, 0.29) is 5.41 Å². The van der Waals surface area contributed by atoms with E-state index in [0.717, 1.165) is 30.5 Å². The highest BCUT2D eigenvalue weighted by Crippen LogP contribution is 2.47. The van der Waals surface area contributed by atoms with E-state index in [9.17, 15) is 0 Å². The normalized spacial score (nSPS) is 36.8. The molecule has 0 saturated carbocycles. The van der Waals surface area contributed by atoms with Crippen LogP contribution >= 0.6 is 0 Å². The molecule has 4 heterocycles. The van der Waals surface area contributed by atoms with Gasteiger partial charge in [-0.15, -0.1) is 0 Å². The fourth-order valence-electron chi connectivity index (χ4n) is 4.66. The largest absolute Gasteiger partial charge is 0.316 e. The maximum Gasteiger partial charge on any atom is 0.0678 e. The van der Waals surface area contributed by atoms with Gasteiger partial charge in [-0.25, -0.2) is 0 Å². The lowest BCUT2D eigenvalue weighted by molar-refractivity contribution is 0.216. The molecule has 0 aromatic carbocycles. The Morgan fingerprint density at radius 2 is 1.85 bits per heavy atom. The summed E-state index contributed by atoms with van der Waals surface area (Å²) in [7, 11) is 0. The van der Waals surface area contributed by atoms with Crippen LogP contribution in [0.4, 0.5) is 0 Å². The second-order valence-electron chi connectivity index (χ2n) is 7.90. The van der Waals surface area contributed by atoms with Crippen LogP contribution in [0.2, 0.25) is 0 Å². The lowest BCUT2D eigenvalue weighted by Gasteiger charge is -2.23. The molecule has 4 nitrogen and oxygen atoms in total. The molecule has 2 bridgehead atoms. The van der Waals surface area contributed by atoms with Crippen LogP contribution in [0, 0.1) is 11.8 Å². The summed E-state index contributed by atoms with van der Waals surface area (Å²) in [6.07, 6.45) is 2.79. The molecule has 0 spiro atoms. The molecule has 4 heteroatoms. The number of aromatic nitrogens is 2. The molecule has 1 aromatic heterocycles. The van der Waals surface area contributed by atoms with Crippen molar-refractivity contribution in [1.82, 2.24) is 20.4 Å². The quantitative estimate of drug-likeness (QED) is 0.865. The zero-order valence-electron chi connectivity index (χ0n) is 12.8. The van der Waals surface area contributed by atoms with Gasteiger partial charge < -0.3 is 5.32 Å². The summed E-state index contributed by atoms with van der Waals surface area (Å²) in [5.74, 6) is 1.80. The number of nitrogens with zero attached hydrogens (tertiary/aromatic N) is 2. The van der Waals surface area contributed by atoms with Gasteiger partial charge in [-0.1, -0.05) is 20.8 Å². The Morgan fingerprint density at radius 1 is 1.20 bits per heavy atom. The van der Waals surface area contributed by atoms with Crippen molar-refractivity contribution >= 4 is 0 Å². The number of nitrogens with one attached hydrogen (secondary N) is 2. The molecule has 0 aliphatic carbocycles. The maximum atomic E-state index is 4.51. The lowest BCUT2D eigenvalue weighted by Crippen LogP contribution is -2.33. The van der Waals surface area contributed by atoms with E-state index in [4.69, 9.17) is 0 Å². The fraction of sp³-hybridized carbons (Fsp3) is 0.812. The molecule has 3 fully saturated rings. The molecule has 0 radical (unpaired) electrons. The molecular weight excluding hydrogens is 248 g/mol. The van der Waals surface area contributed by atoms with Gasteiger partial charge in [0.1, 0.15) is 0 Å². The number of aromatic amines is 1. The maximum absolute atomic E-state index is 4.51. The van der Waals surface area contributed by atoms with E-state index >= 15 is 0 Å². The van der Waals surface area contributed by atoms with Crippen LogP contribution in [-0.4, -0.2) is 40.3 Å². The van der Waals surface area contributed by atoms with E-state index in [0.29, 0.717) is 0 Å². The van der Waals surface area contributed by atoms with Gasteiger partial charge in [0.05, 0.1) is 5.69 Å². The topological polar surface area (TPSA) is 44.0 Å². The molecule has 0 amide bonds. The van der Waals surface area contributed by atoms with Gasteiger partial charge in [0.2, 0.25) is 0 Å². The van der Waals surface area contributed by atoms with Crippen molar-refractivity contribution in [2.45, 2.75) is 57.7 Å². The van der Waals surface area contributed by atoms with Crippen LogP contribution in [0.25, 0.3) is 0 Å². The van der Waals surface area contributed by atoms with Crippen LogP contribution in [0.5, 0.6) is 0 Å². The number of rotatable bonds is 2. The molecule has 3 aliphatic heterocycles. The molecule has 110 valence electrons. The minimum atomic E-state index is 0.138. The summed E-state index contributed by atoms with van der Waals surface area (Å²) in [4.78, 5) is 2.76. The Morgan fingerprint density at radius 3 is 2.40 bits per heavy atom. The van der Waals surface area contributed by atoms with Gasteiger partial charge in [0.25, 0.3) is 0 Å². The van der Waals surface area contributed by atoms with E-state index in [2.05, 4.69) is 47.3 Å². The third-order valence-electron chi connectivity index (χ3n) is 5.66. The number of fused-ring (bicyclic) bond motifs is 5. The Bertz CT molecular complexity index is 483. The van der Waals surface area contributed by atoms with Gasteiger partial charge in [0.15, 0.2) is 0 Å². The van der Waals surface area contributed by atoms with E-state index < -0.39 is 0 Å². The van der Waals surface area contributed by atoms with E-state index in [1.54, 1.807) is 0 Å². The first kappa shape index (κ1) is 12.8. The van der Waals surface area contributed by atoms with Crippen LogP contribution in [-0.2, 0) is 12.0 Å². The summed E-state index contributed by atoms with van der Waals surface area (Å²) < 4.78 is 0. The second kappa shape index (κ2) is 4.31. The van der Waals surface area contributed by atoms with Gasteiger partial charge in [-0.2, -0.15) is 5.10 Å². The summed E-state index contributed by atoms with van der Waals surface area (Å²) >= 11 is 0. The minimum Gasteiger partial charge on any atom is -0.316 e. The summed E-state index contributed by atoms with van der Waals surface area (Å²) in [5, 5.41) is 11.4. The predicted molar refractivity (Wildman–Crippen MR) is 79.5 cm³/mol. The monoisotopic (exact) mass is 274 g/mol. The zero-order valence-corrected chi connectivity index (χ0v) is 12.8. The Balaban J connectivity index is 1.51. The molecular formula is C16H26N4. The molecule has 4 rings (SSSR count). The van der Waals surface area contributed by atoms with Crippen molar-refractivity contribution in [1.29, 1.82) is 0 Å². The number of hydrogen-bond donors (Lipinski definition) is 2. The smallest absolute Gasteiger partial charge is 0.0678 e. The number of H-pyrrole nitrogens is 1. The summed E-state index contributed by atoms with van der Waals surface area (Å²) in [5.41, 5.74) is 2.61. The second-order valence-corrected chi connectivity index (χ2v) is 7.90. The molecule has 3 saturated heterocycles. The molecule has 4 atom stereocenters. The fourth-order valence-corrected chi connectivity index (χ4v) is 4.66. The highest BCUT2D eigenvalue weighted by molar-refractivity contribution is 5.18. The summed E-state index contributed by atoms with van der Waals surface area (Å²) in [6, 6.07) is 3.88. The summed E-state index contributed by atoms with van der Waals surface area (Å²) in [6.45, 7) is 10.2. The highest BCUT2D eigenvalue weighted by atomic mass is 15.3. The van der Waals surface area contributed by atoms with Crippen LogP contribution in [0.3, 0.4) is 0 Å². The van der Waals surface area contributed by atoms with Crippen molar-refractivity contribution in [3.05, 3.63) is 17.5 Å².